The average Bonchev–Trinajstić information content (AvgIpc) is 2.98. The Balaban J connectivity index is 1.92. The summed E-state index contributed by atoms with van der Waals surface area (Å²) in [6.07, 6.45) is 0. The van der Waals surface area contributed by atoms with Crippen molar-refractivity contribution in [3.63, 3.8) is 0 Å². The largest absolute Gasteiger partial charge is 0.647 e. The molecular weight excluding hydrogens is 354 g/mol. The van der Waals surface area contributed by atoms with Gasteiger partial charge in [-0.3, -0.25) is 10.3 Å². The van der Waals surface area contributed by atoms with E-state index >= 15 is 0 Å². The summed E-state index contributed by atoms with van der Waals surface area (Å²) in [5.74, 6) is 0.0667. The topological polar surface area (TPSA) is 142 Å². The average molecular weight is 358 g/mol. The molecule has 2 unspecified atom stereocenters. The van der Waals surface area contributed by atoms with Crippen molar-refractivity contribution in [2.75, 3.05) is 0 Å². The summed E-state index contributed by atoms with van der Waals surface area (Å²) >= 11 is 1.04. The van der Waals surface area contributed by atoms with Gasteiger partial charge in [-0.15, -0.1) is 0 Å². The van der Waals surface area contributed by atoms with Crippen molar-refractivity contribution in [2.45, 2.75) is 4.90 Å². The number of benzene rings is 1. The predicted octanol–water partition coefficient (Wildman–Crippen LogP) is 2.34. The molecule has 20 heavy (non-hydrogen) atoms. The van der Waals surface area contributed by atoms with E-state index in [9.17, 15) is 9.13 Å². The van der Waals surface area contributed by atoms with Crippen LogP contribution >= 0.6 is 39.8 Å². The van der Waals surface area contributed by atoms with Gasteiger partial charge < -0.3 is 22.6 Å². The number of fused-ring (bicyclic) bond motifs is 3. The van der Waals surface area contributed by atoms with Crippen LogP contribution in [0.4, 0.5) is 0 Å². The minimum atomic E-state index is -3.96. The van der Waals surface area contributed by atoms with E-state index in [4.69, 9.17) is 32.9 Å². The van der Waals surface area contributed by atoms with Gasteiger partial charge in [-0.05, 0) is 11.9 Å². The van der Waals surface area contributed by atoms with Gasteiger partial charge >= 0.3 is 15.6 Å². The van der Waals surface area contributed by atoms with Gasteiger partial charge in [-0.1, -0.05) is 0 Å². The number of hydrogen-bond acceptors (Lipinski definition) is 12. The van der Waals surface area contributed by atoms with E-state index in [0.717, 1.165) is 11.9 Å². The van der Waals surface area contributed by atoms with E-state index in [-0.39, 0.29) is 33.6 Å². The second-order valence-corrected chi connectivity index (χ2v) is 7.75. The lowest BCUT2D eigenvalue weighted by Gasteiger charge is -2.13. The van der Waals surface area contributed by atoms with Crippen molar-refractivity contribution in [3.8, 4) is 28.7 Å². The molecule has 0 amide bonds. The molecule has 3 aliphatic heterocycles. The van der Waals surface area contributed by atoms with Crippen LogP contribution in [0.25, 0.3) is 0 Å². The second kappa shape index (κ2) is 3.92. The molecule has 0 fully saturated rings. The van der Waals surface area contributed by atoms with Crippen molar-refractivity contribution in [3.05, 3.63) is 0 Å². The third kappa shape index (κ3) is 1.55. The van der Waals surface area contributed by atoms with Crippen LogP contribution in [-0.4, -0.2) is 0 Å². The fourth-order valence-electron chi connectivity index (χ4n) is 1.86. The standard InChI is InChI=1S/C6H4N2O8P2S2/c7-19-6-4-2-1(11-17(9,12-2)14-4)3-5(6)15-18(10,13-3)16-20-8/h7-8H2. The highest BCUT2D eigenvalue weighted by Crippen LogP contribution is 2.78. The first kappa shape index (κ1) is 13.0. The Morgan fingerprint density at radius 2 is 1.35 bits per heavy atom. The lowest BCUT2D eigenvalue weighted by Crippen LogP contribution is -1.99. The zero-order valence-electron chi connectivity index (χ0n) is 9.13. The van der Waals surface area contributed by atoms with Crippen LogP contribution in [0, 0.1) is 0 Å². The van der Waals surface area contributed by atoms with E-state index in [1.165, 1.54) is 0 Å². The zero-order valence-corrected chi connectivity index (χ0v) is 12.6. The van der Waals surface area contributed by atoms with E-state index in [1.807, 2.05) is 0 Å². The maximum atomic E-state index is 12.1. The lowest BCUT2D eigenvalue weighted by atomic mass is 10.2. The van der Waals surface area contributed by atoms with Crippen LogP contribution in [0.2, 0.25) is 0 Å². The van der Waals surface area contributed by atoms with Gasteiger partial charge in [-0.2, -0.15) is 8.54 Å². The fourth-order valence-corrected chi connectivity index (χ4v) is 5.24. The quantitative estimate of drug-likeness (QED) is 0.465. The fraction of sp³-hybridized carbons (Fsp3) is 0. The smallest absolute Gasteiger partial charge is 0.389 e. The van der Waals surface area contributed by atoms with Gasteiger partial charge in [0.2, 0.25) is 17.2 Å². The van der Waals surface area contributed by atoms with E-state index in [2.05, 4.69) is 3.97 Å². The highest BCUT2D eigenvalue weighted by molar-refractivity contribution is 7.97. The summed E-state index contributed by atoms with van der Waals surface area (Å²) < 4.78 is 54.1. The van der Waals surface area contributed by atoms with Crippen LogP contribution in [-0.2, 0) is 13.1 Å². The predicted molar refractivity (Wildman–Crippen MR) is 67.7 cm³/mol. The van der Waals surface area contributed by atoms with Gasteiger partial charge in [-0.25, -0.2) is 4.57 Å². The molecule has 0 aliphatic carbocycles. The Kier molecular flexibility index (Phi) is 2.54. The van der Waals surface area contributed by atoms with Crippen molar-refractivity contribution < 1.29 is 35.7 Å². The van der Waals surface area contributed by atoms with Gasteiger partial charge in [0.15, 0.2) is 11.5 Å². The first-order valence-electron chi connectivity index (χ1n) is 4.82. The summed E-state index contributed by atoms with van der Waals surface area (Å²) in [5.41, 5.74) is 0. The third-order valence-electron chi connectivity index (χ3n) is 2.50. The molecule has 4 rings (SSSR count). The molecule has 3 heterocycles. The van der Waals surface area contributed by atoms with Gasteiger partial charge in [0.25, 0.3) is 0 Å². The number of phosphoric ester groups is 2. The van der Waals surface area contributed by atoms with Gasteiger partial charge in [0, 0.05) is 0 Å². The van der Waals surface area contributed by atoms with Crippen LogP contribution in [0.15, 0.2) is 4.90 Å². The van der Waals surface area contributed by atoms with E-state index < -0.39 is 15.6 Å². The molecular formula is C6H4N2O8P2S2. The Labute approximate surface area is 120 Å². The SMILES string of the molecule is NSOP1(=O)Oc2c3c4c(c(SN)c2O1)OP(=O)(O3)O4. The molecule has 10 nitrogen and oxygen atoms in total. The van der Waals surface area contributed by atoms with Crippen LogP contribution in [0.5, 0.6) is 28.7 Å². The molecule has 108 valence electrons. The third-order valence-corrected chi connectivity index (χ3v) is 6.22. The monoisotopic (exact) mass is 358 g/mol. The Morgan fingerprint density at radius 3 is 2.00 bits per heavy atom. The van der Waals surface area contributed by atoms with Crippen molar-refractivity contribution in [2.24, 2.45) is 10.3 Å². The van der Waals surface area contributed by atoms with Crippen LogP contribution in [0.1, 0.15) is 0 Å². The Morgan fingerprint density at radius 1 is 0.850 bits per heavy atom. The summed E-state index contributed by atoms with van der Waals surface area (Å²) in [5, 5.41) is 10.6. The molecule has 2 bridgehead atoms. The maximum Gasteiger partial charge on any atom is 0.647 e. The van der Waals surface area contributed by atoms with E-state index in [1.54, 1.807) is 0 Å². The second-order valence-electron chi connectivity index (χ2n) is 3.61. The molecule has 0 saturated carbocycles. The zero-order chi connectivity index (χ0) is 14.1. The highest BCUT2D eigenvalue weighted by Gasteiger charge is 2.58. The van der Waals surface area contributed by atoms with Gasteiger partial charge in [0.05, 0.1) is 12.2 Å². The van der Waals surface area contributed by atoms with Crippen LogP contribution < -0.4 is 32.9 Å². The lowest BCUT2D eigenvalue weighted by molar-refractivity contribution is 0.340. The molecule has 0 spiro atoms. The number of hydrogen-bond donors (Lipinski definition) is 2. The molecule has 1 aromatic rings. The van der Waals surface area contributed by atoms with Crippen molar-refractivity contribution in [1.29, 1.82) is 0 Å². The molecule has 4 N–H and O–H groups in total. The van der Waals surface area contributed by atoms with E-state index in [0.29, 0.717) is 12.2 Å². The summed E-state index contributed by atoms with van der Waals surface area (Å²) in [6, 6.07) is 0. The van der Waals surface area contributed by atoms with Crippen molar-refractivity contribution in [1.82, 2.24) is 0 Å². The molecule has 2 atom stereocenters. The minimum absolute atomic E-state index is 0.000355. The highest BCUT2D eigenvalue weighted by atomic mass is 32.2. The Hall–Kier alpha value is -0.740. The normalized spacial score (nSPS) is 30.9. The first-order valence-corrected chi connectivity index (χ1v) is 9.43. The molecule has 0 saturated heterocycles. The summed E-state index contributed by atoms with van der Waals surface area (Å²) in [4.78, 5) is 0.211. The summed E-state index contributed by atoms with van der Waals surface area (Å²) in [7, 11) is -7.70. The van der Waals surface area contributed by atoms with Crippen molar-refractivity contribution >= 4 is 39.8 Å². The Bertz CT molecular complexity index is 740. The summed E-state index contributed by atoms with van der Waals surface area (Å²) in [6.45, 7) is 0. The maximum absolute atomic E-state index is 12.1. The van der Waals surface area contributed by atoms with Crippen LogP contribution in [0.3, 0.4) is 0 Å². The number of nitrogens with two attached hydrogens (primary N) is 2. The molecule has 1 aromatic carbocycles. The number of phosphoric acid groups is 2. The minimum Gasteiger partial charge on any atom is -0.389 e. The molecule has 3 aliphatic rings. The first-order chi connectivity index (χ1) is 9.49. The number of rotatable bonds is 3. The molecule has 14 heteroatoms. The molecule has 0 aromatic heterocycles. The molecule has 0 radical (unpaired) electrons. The van der Waals surface area contributed by atoms with Gasteiger partial charge in [0.1, 0.15) is 4.90 Å².